The molecule has 1 aromatic rings. The zero-order chi connectivity index (χ0) is 13.0. The van der Waals surface area contributed by atoms with E-state index in [2.05, 4.69) is 0 Å². The maximum absolute atomic E-state index is 11.7. The molecule has 0 bridgehead atoms. The van der Waals surface area contributed by atoms with E-state index in [1.165, 1.54) is 6.08 Å². The number of ether oxygens (including phenoxy) is 2. The van der Waals surface area contributed by atoms with Gasteiger partial charge in [0.2, 0.25) is 0 Å². The molecule has 0 unspecified atom stereocenters. The van der Waals surface area contributed by atoms with Crippen LogP contribution in [-0.2, 0) is 9.53 Å². The zero-order valence-corrected chi connectivity index (χ0v) is 10.1. The second kappa shape index (κ2) is 5.49. The molecular formula is C14H14O4. The number of hydrogen-bond donors (Lipinski definition) is 0. The van der Waals surface area contributed by atoms with Crippen molar-refractivity contribution < 1.29 is 19.1 Å². The van der Waals surface area contributed by atoms with E-state index in [1.807, 2.05) is 0 Å². The van der Waals surface area contributed by atoms with Gasteiger partial charge >= 0.3 is 5.97 Å². The number of Topliss-reactive ketones (excluding diaryl/α,β-unsaturated/α-hetero) is 1. The molecule has 1 aliphatic rings. The molecule has 0 saturated carbocycles. The highest BCUT2D eigenvalue weighted by Crippen LogP contribution is 2.25. The summed E-state index contributed by atoms with van der Waals surface area (Å²) >= 11 is 0. The number of carbonyl (C=O) groups is 2. The fourth-order valence-electron chi connectivity index (χ4n) is 1.74. The molecule has 0 amide bonds. The largest absolute Gasteiger partial charge is 0.492 e. The maximum Gasteiger partial charge on any atom is 0.330 e. The van der Waals surface area contributed by atoms with Gasteiger partial charge in [0.25, 0.3) is 0 Å². The average molecular weight is 246 g/mol. The van der Waals surface area contributed by atoms with E-state index < -0.39 is 5.97 Å². The van der Waals surface area contributed by atoms with Crippen LogP contribution in [0.25, 0.3) is 6.08 Å². The lowest BCUT2D eigenvalue weighted by Crippen LogP contribution is -2.15. The minimum absolute atomic E-state index is 0.0719. The summed E-state index contributed by atoms with van der Waals surface area (Å²) in [5.41, 5.74) is 1.35. The summed E-state index contributed by atoms with van der Waals surface area (Å²) in [6.07, 6.45) is 3.37. The van der Waals surface area contributed by atoms with Gasteiger partial charge in [-0.3, -0.25) is 4.79 Å². The number of fused-ring (bicyclic) bond motifs is 1. The van der Waals surface area contributed by atoms with E-state index in [0.717, 1.165) is 5.56 Å². The van der Waals surface area contributed by atoms with Crippen molar-refractivity contribution in [2.24, 2.45) is 0 Å². The normalized spacial score (nSPS) is 14.2. The monoisotopic (exact) mass is 246 g/mol. The van der Waals surface area contributed by atoms with Crippen LogP contribution in [0, 0.1) is 0 Å². The molecule has 0 fully saturated rings. The summed E-state index contributed by atoms with van der Waals surface area (Å²) in [5.74, 6) is 0.292. The number of rotatable bonds is 3. The van der Waals surface area contributed by atoms with Crippen molar-refractivity contribution in [1.82, 2.24) is 0 Å². The highest BCUT2D eigenvalue weighted by Gasteiger charge is 2.17. The van der Waals surface area contributed by atoms with Crippen LogP contribution in [0.5, 0.6) is 5.75 Å². The first kappa shape index (κ1) is 12.4. The van der Waals surface area contributed by atoms with E-state index in [1.54, 1.807) is 31.2 Å². The van der Waals surface area contributed by atoms with Crippen LogP contribution in [0.1, 0.15) is 29.3 Å². The molecule has 1 aliphatic heterocycles. The lowest BCUT2D eigenvalue weighted by atomic mass is 10.0. The zero-order valence-electron chi connectivity index (χ0n) is 10.1. The molecule has 18 heavy (non-hydrogen) atoms. The Hall–Kier alpha value is -2.10. The number of benzene rings is 1. The topological polar surface area (TPSA) is 52.6 Å². The molecule has 4 nitrogen and oxygen atoms in total. The maximum atomic E-state index is 11.7. The molecule has 4 heteroatoms. The van der Waals surface area contributed by atoms with Crippen molar-refractivity contribution >= 4 is 17.8 Å². The van der Waals surface area contributed by atoms with Gasteiger partial charge in [-0.05, 0) is 30.7 Å². The number of carbonyl (C=O) groups excluding carboxylic acids is 2. The van der Waals surface area contributed by atoms with E-state index in [4.69, 9.17) is 9.47 Å². The average Bonchev–Trinajstić information content (AvgIpc) is 2.37. The van der Waals surface area contributed by atoms with E-state index in [-0.39, 0.29) is 5.78 Å². The second-order valence-corrected chi connectivity index (χ2v) is 3.86. The van der Waals surface area contributed by atoms with E-state index in [9.17, 15) is 9.59 Å². The number of esters is 1. The second-order valence-electron chi connectivity index (χ2n) is 3.86. The van der Waals surface area contributed by atoms with Crippen molar-refractivity contribution in [3.63, 3.8) is 0 Å². The van der Waals surface area contributed by atoms with Crippen LogP contribution in [0.2, 0.25) is 0 Å². The Morgan fingerprint density at radius 1 is 1.50 bits per heavy atom. The van der Waals surface area contributed by atoms with Crippen LogP contribution >= 0.6 is 0 Å². The SMILES string of the molecule is CCOC(=O)C=Cc1ccc2c(c1)C(=O)CCO2. The number of hydrogen-bond acceptors (Lipinski definition) is 4. The summed E-state index contributed by atoms with van der Waals surface area (Å²) in [6.45, 7) is 2.53. The van der Waals surface area contributed by atoms with Crippen LogP contribution in [-0.4, -0.2) is 25.0 Å². The fraction of sp³-hybridized carbons (Fsp3) is 0.286. The lowest BCUT2D eigenvalue weighted by molar-refractivity contribution is -0.137. The Balaban J connectivity index is 2.18. The molecular weight excluding hydrogens is 232 g/mol. The highest BCUT2D eigenvalue weighted by atomic mass is 16.5. The van der Waals surface area contributed by atoms with Crippen molar-refractivity contribution in [2.45, 2.75) is 13.3 Å². The molecule has 1 heterocycles. The van der Waals surface area contributed by atoms with Crippen molar-refractivity contribution in [2.75, 3.05) is 13.2 Å². The van der Waals surface area contributed by atoms with Gasteiger partial charge in [0.15, 0.2) is 5.78 Å². The van der Waals surface area contributed by atoms with Gasteiger partial charge in [-0.25, -0.2) is 4.79 Å². The minimum atomic E-state index is -0.391. The molecule has 94 valence electrons. The summed E-state index contributed by atoms with van der Waals surface area (Å²) in [4.78, 5) is 22.9. The molecule has 2 rings (SSSR count). The van der Waals surface area contributed by atoms with Crippen LogP contribution in [0.4, 0.5) is 0 Å². The Kier molecular flexibility index (Phi) is 3.77. The molecule has 0 atom stereocenters. The molecule has 1 aromatic carbocycles. The quantitative estimate of drug-likeness (QED) is 0.606. The molecule has 0 radical (unpaired) electrons. The summed E-state index contributed by atoms with van der Waals surface area (Å²) in [6, 6.07) is 5.27. The van der Waals surface area contributed by atoms with Crippen molar-refractivity contribution in [1.29, 1.82) is 0 Å². The summed E-state index contributed by atoms with van der Waals surface area (Å²) < 4.78 is 10.2. The summed E-state index contributed by atoms with van der Waals surface area (Å²) in [7, 11) is 0. The molecule has 0 aromatic heterocycles. The minimum Gasteiger partial charge on any atom is -0.492 e. The first-order chi connectivity index (χ1) is 8.70. The third kappa shape index (κ3) is 2.77. The van der Waals surface area contributed by atoms with Crippen LogP contribution < -0.4 is 4.74 Å². The van der Waals surface area contributed by atoms with Gasteiger partial charge in [0, 0.05) is 12.5 Å². The van der Waals surface area contributed by atoms with Crippen LogP contribution in [0.3, 0.4) is 0 Å². The van der Waals surface area contributed by atoms with Gasteiger partial charge in [-0.2, -0.15) is 0 Å². The van der Waals surface area contributed by atoms with Gasteiger partial charge < -0.3 is 9.47 Å². The number of ketones is 1. The van der Waals surface area contributed by atoms with Gasteiger partial charge in [-0.1, -0.05) is 6.07 Å². The predicted octanol–water partition coefficient (Wildman–Crippen LogP) is 2.23. The molecule has 0 aliphatic carbocycles. The fourth-order valence-corrected chi connectivity index (χ4v) is 1.74. The van der Waals surface area contributed by atoms with Gasteiger partial charge in [-0.15, -0.1) is 0 Å². The molecule has 0 N–H and O–H groups in total. The molecule has 0 spiro atoms. The first-order valence-electron chi connectivity index (χ1n) is 5.85. The van der Waals surface area contributed by atoms with E-state index >= 15 is 0 Å². The Morgan fingerprint density at radius 2 is 2.33 bits per heavy atom. The van der Waals surface area contributed by atoms with Crippen molar-refractivity contribution in [3.05, 3.63) is 35.4 Å². The Morgan fingerprint density at radius 3 is 3.11 bits per heavy atom. The van der Waals surface area contributed by atoms with Crippen LogP contribution in [0.15, 0.2) is 24.3 Å². The third-order valence-corrected chi connectivity index (χ3v) is 2.59. The molecule has 0 saturated heterocycles. The highest BCUT2D eigenvalue weighted by molar-refractivity contribution is 6.00. The standard InChI is InChI=1S/C14H14O4/c1-2-17-14(16)6-4-10-3-5-13-11(9-10)12(15)7-8-18-13/h3-6,9H,2,7-8H2,1H3. The van der Waals surface area contributed by atoms with Crippen molar-refractivity contribution in [3.8, 4) is 5.75 Å². The van der Waals surface area contributed by atoms with E-state index in [0.29, 0.717) is 30.9 Å². The first-order valence-corrected chi connectivity index (χ1v) is 5.85. The predicted molar refractivity (Wildman–Crippen MR) is 66.6 cm³/mol. The smallest absolute Gasteiger partial charge is 0.330 e. The van der Waals surface area contributed by atoms with Gasteiger partial charge in [0.1, 0.15) is 5.75 Å². The van der Waals surface area contributed by atoms with Gasteiger partial charge in [0.05, 0.1) is 18.8 Å². The third-order valence-electron chi connectivity index (χ3n) is 2.59. The Labute approximate surface area is 105 Å². The Bertz CT molecular complexity index is 503. The summed E-state index contributed by atoms with van der Waals surface area (Å²) in [5, 5.41) is 0. The lowest BCUT2D eigenvalue weighted by Gasteiger charge is -2.16.